The van der Waals surface area contributed by atoms with E-state index < -0.39 is 0 Å². The molecule has 3 aromatic rings. The van der Waals surface area contributed by atoms with E-state index in [-0.39, 0.29) is 18.4 Å². The number of amides is 2. The van der Waals surface area contributed by atoms with E-state index in [0.717, 1.165) is 37.3 Å². The van der Waals surface area contributed by atoms with Gasteiger partial charge in [0.05, 0.1) is 12.2 Å². The second kappa shape index (κ2) is 10.1. The van der Waals surface area contributed by atoms with Crippen molar-refractivity contribution < 1.29 is 9.59 Å². The molecule has 1 aliphatic heterocycles. The van der Waals surface area contributed by atoms with Crippen LogP contribution in [0.4, 0.5) is 5.13 Å². The van der Waals surface area contributed by atoms with Gasteiger partial charge in [-0.1, -0.05) is 60.7 Å². The molecule has 2 heterocycles. The summed E-state index contributed by atoms with van der Waals surface area (Å²) in [5.41, 5.74) is 3.28. The normalized spacial score (nSPS) is 13.7. The topological polar surface area (TPSA) is 74.3 Å². The smallest absolute Gasteiger partial charge is 0.245 e. The van der Waals surface area contributed by atoms with E-state index in [1.807, 2.05) is 36.4 Å². The van der Waals surface area contributed by atoms with Crippen molar-refractivity contribution in [1.82, 2.24) is 15.2 Å². The minimum Gasteiger partial charge on any atom is -0.343 e. The van der Waals surface area contributed by atoms with E-state index in [9.17, 15) is 9.59 Å². The van der Waals surface area contributed by atoms with Crippen molar-refractivity contribution in [3.05, 3.63) is 88.4 Å². The lowest BCUT2D eigenvalue weighted by Crippen LogP contribution is -2.31. The highest BCUT2D eigenvalue weighted by atomic mass is 32.1. The van der Waals surface area contributed by atoms with Crippen LogP contribution in [-0.2, 0) is 29.1 Å². The van der Waals surface area contributed by atoms with Crippen LogP contribution in [0, 0.1) is 0 Å². The first-order valence-electron chi connectivity index (χ1n) is 10.2. The van der Waals surface area contributed by atoms with Gasteiger partial charge in [-0.15, -0.1) is 11.3 Å². The molecule has 0 saturated heterocycles. The molecule has 0 spiro atoms. The first-order valence-corrected chi connectivity index (χ1v) is 11.0. The van der Waals surface area contributed by atoms with E-state index in [1.54, 1.807) is 6.08 Å². The largest absolute Gasteiger partial charge is 0.343 e. The van der Waals surface area contributed by atoms with Crippen molar-refractivity contribution in [2.45, 2.75) is 19.5 Å². The van der Waals surface area contributed by atoms with Gasteiger partial charge in [0.2, 0.25) is 11.8 Å². The Kier molecular flexibility index (Phi) is 6.86. The molecule has 0 fully saturated rings. The Morgan fingerprint density at radius 3 is 2.58 bits per heavy atom. The van der Waals surface area contributed by atoms with Crippen LogP contribution in [0.15, 0.2) is 66.7 Å². The molecule has 0 unspecified atom stereocenters. The van der Waals surface area contributed by atoms with Crippen LogP contribution in [0.25, 0.3) is 6.08 Å². The Morgan fingerprint density at radius 2 is 1.81 bits per heavy atom. The highest BCUT2D eigenvalue weighted by Gasteiger charge is 2.21. The lowest BCUT2D eigenvalue weighted by molar-refractivity contribution is -0.121. The Bertz CT molecular complexity index is 1060. The van der Waals surface area contributed by atoms with Gasteiger partial charge in [-0.3, -0.25) is 14.5 Å². The molecule has 0 saturated carbocycles. The maximum atomic E-state index is 12.2. The van der Waals surface area contributed by atoms with Gasteiger partial charge in [-0.05, 0) is 17.2 Å². The molecule has 2 N–H and O–H groups in total. The van der Waals surface area contributed by atoms with Crippen molar-refractivity contribution in [2.24, 2.45) is 0 Å². The number of fused-ring (bicyclic) bond motifs is 1. The summed E-state index contributed by atoms with van der Waals surface area (Å²) in [5.74, 6) is -0.595. The molecule has 7 heteroatoms. The number of carbonyl (C=O) groups is 2. The van der Waals surface area contributed by atoms with Crippen LogP contribution in [0.3, 0.4) is 0 Å². The lowest BCUT2D eigenvalue weighted by Gasteiger charge is -2.25. The van der Waals surface area contributed by atoms with Crippen LogP contribution < -0.4 is 10.6 Å². The predicted octanol–water partition coefficient (Wildman–Crippen LogP) is 3.47. The number of carbonyl (C=O) groups excluding carboxylic acids is 2. The second-order valence-electron chi connectivity index (χ2n) is 7.35. The molecule has 4 rings (SSSR count). The van der Waals surface area contributed by atoms with Crippen molar-refractivity contribution in [3.63, 3.8) is 0 Å². The Balaban J connectivity index is 1.25. The maximum Gasteiger partial charge on any atom is 0.245 e. The van der Waals surface area contributed by atoms with Gasteiger partial charge in [0, 0.05) is 37.0 Å². The number of benzene rings is 2. The van der Waals surface area contributed by atoms with Crippen LogP contribution in [0.5, 0.6) is 0 Å². The number of thiazole rings is 1. The van der Waals surface area contributed by atoms with Crippen LogP contribution in [-0.4, -0.2) is 34.8 Å². The van der Waals surface area contributed by atoms with E-state index in [4.69, 9.17) is 0 Å². The zero-order valence-corrected chi connectivity index (χ0v) is 17.9. The summed E-state index contributed by atoms with van der Waals surface area (Å²) in [4.78, 5) is 32.3. The summed E-state index contributed by atoms with van der Waals surface area (Å²) < 4.78 is 0. The first kappa shape index (κ1) is 21.0. The van der Waals surface area contributed by atoms with Crippen molar-refractivity contribution in [1.29, 1.82) is 0 Å². The highest BCUT2D eigenvalue weighted by molar-refractivity contribution is 7.15. The number of hydrogen-bond donors (Lipinski definition) is 2. The minimum atomic E-state index is -0.311. The zero-order chi connectivity index (χ0) is 21.5. The van der Waals surface area contributed by atoms with Gasteiger partial charge in [0.15, 0.2) is 5.13 Å². The van der Waals surface area contributed by atoms with Gasteiger partial charge < -0.3 is 10.6 Å². The van der Waals surface area contributed by atoms with E-state index in [2.05, 4.69) is 44.8 Å². The van der Waals surface area contributed by atoms with Gasteiger partial charge >= 0.3 is 0 Å². The number of aromatic nitrogens is 1. The standard InChI is InChI=1S/C24H24N4O2S/c29-22(12-11-18-7-3-1-4-8-18)25-15-23(30)27-24-26-20-13-14-28(17-21(20)31-24)16-19-9-5-2-6-10-19/h1-12H,13-17H2,(H,25,29)(H,26,27,30)/b12-11+. The van der Waals surface area contributed by atoms with Crippen molar-refractivity contribution in [2.75, 3.05) is 18.4 Å². The van der Waals surface area contributed by atoms with Crippen LogP contribution in [0.1, 0.15) is 21.7 Å². The lowest BCUT2D eigenvalue weighted by atomic mass is 10.1. The number of rotatable bonds is 7. The quantitative estimate of drug-likeness (QED) is 0.561. The summed E-state index contributed by atoms with van der Waals surface area (Å²) >= 11 is 1.51. The van der Waals surface area contributed by atoms with Gasteiger partial charge in [-0.2, -0.15) is 0 Å². The fourth-order valence-electron chi connectivity index (χ4n) is 3.40. The third kappa shape index (κ3) is 6.10. The van der Waals surface area contributed by atoms with Crippen molar-refractivity contribution >= 4 is 34.4 Å². The van der Waals surface area contributed by atoms with Gasteiger partial charge in [0.1, 0.15) is 0 Å². The molecule has 2 aromatic carbocycles. The van der Waals surface area contributed by atoms with Crippen LogP contribution in [0.2, 0.25) is 0 Å². The van der Waals surface area contributed by atoms with E-state index in [1.165, 1.54) is 27.9 Å². The fraction of sp³-hybridized carbons (Fsp3) is 0.208. The predicted molar refractivity (Wildman–Crippen MR) is 123 cm³/mol. The summed E-state index contributed by atoms with van der Waals surface area (Å²) in [7, 11) is 0. The number of nitrogens with zero attached hydrogens (tertiary/aromatic N) is 2. The summed E-state index contributed by atoms with van der Waals surface area (Å²) in [6.07, 6.45) is 4.00. The number of hydrogen-bond acceptors (Lipinski definition) is 5. The molecule has 1 aliphatic rings. The zero-order valence-electron chi connectivity index (χ0n) is 17.1. The molecule has 0 aliphatic carbocycles. The van der Waals surface area contributed by atoms with E-state index in [0.29, 0.717) is 5.13 Å². The van der Waals surface area contributed by atoms with Crippen LogP contribution >= 0.6 is 11.3 Å². The highest BCUT2D eigenvalue weighted by Crippen LogP contribution is 2.28. The fourth-order valence-corrected chi connectivity index (χ4v) is 4.47. The Hall–Kier alpha value is -3.29. The van der Waals surface area contributed by atoms with Crippen molar-refractivity contribution in [3.8, 4) is 0 Å². The molecule has 0 atom stereocenters. The first-order chi connectivity index (χ1) is 15.2. The molecule has 2 amide bonds. The number of nitrogens with one attached hydrogen (secondary N) is 2. The molecule has 0 bridgehead atoms. The Morgan fingerprint density at radius 1 is 1.06 bits per heavy atom. The second-order valence-corrected chi connectivity index (χ2v) is 8.43. The molecule has 6 nitrogen and oxygen atoms in total. The SMILES string of the molecule is O=C(/C=C/c1ccccc1)NCC(=O)Nc1nc2c(s1)CN(Cc1ccccc1)CC2. The summed E-state index contributed by atoms with van der Waals surface area (Å²) in [6, 6.07) is 19.9. The summed E-state index contributed by atoms with van der Waals surface area (Å²) in [6.45, 7) is 2.59. The monoisotopic (exact) mass is 432 g/mol. The summed E-state index contributed by atoms with van der Waals surface area (Å²) in [5, 5.41) is 5.99. The maximum absolute atomic E-state index is 12.2. The molecule has 158 valence electrons. The third-order valence-electron chi connectivity index (χ3n) is 4.96. The molecule has 1 aromatic heterocycles. The van der Waals surface area contributed by atoms with Gasteiger partial charge in [-0.25, -0.2) is 4.98 Å². The molecule has 0 radical (unpaired) electrons. The average Bonchev–Trinajstić information content (AvgIpc) is 3.19. The molecule has 31 heavy (non-hydrogen) atoms. The van der Waals surface area contributed by atoms with E-state index >= 15 is 0 Å². The average molecular weight is 433 g/mol. The third-order valence-corrected chi connectivity index (χ3v) is 5.95. The number of anilines is 1. The Labute approximate surface area is 185 Å². The minimum absolute atomic E-state index is 0.0949. The molecular weight excluding hydrogens is 408 g/mol. The molecular formula is C24H24N4O2S. The van der Waals surface area contributed by atoms with Gasteiger partial charge in [0.25, 0.3) is 0 Å².